The molecule has 0 unspecified atom stereocenters. The zero-order valence-electron chi connectivity index (χ0n) is 18.2. The monoisotopic (exact) mass is 441 g/mol. The van der Waals surface area contributed by atoms with Gasteiger partial charge in [-0.3, -0.25) is 0 Å². The molecule has 0 atom stereocenters. The minimum Gasteiger partial charge on any atom is -0.354 e. The summed E-state index contributed by atoms with van der Waals surface area (Å²) in [4.78, 5) is 26.0. The highest BCUT2D eigenvalue weighted by atomic mass is 35.5. The van der Waals surface area contributed by atoms with E-state index in [0.717, 1.165) is 54.2 Å². The van der Waals surface area contributed by atoms with Crippen molar-refractivity contribution < 1.29 is 4.79 Å². The van der Waals surface area contributed by atoms with E-state index in [-0.39, 0.29) is 6.03 Å². The van der Waals surface area contributed by atoms with Gasteiger partial charge in [0.05, 0.1) is 21.8 Å². The lowest BCUT2D eigenvalue weighted by Crippen LogP contribution is -2.42. The zero-order chi connectivity index (χ0) is 22.0. The highest BCUT2D eigenvalue weighted by Crippen LogP contribution is 2.31. The lowest BCUT2D eigenvalue weighted by atomic mass is 10.2. The van der Waals surface area contributed by atoms with Crippen LogP contribution in [0.1, 0.15) is 31.3 Å². The van der Waals surface area contributed by atoms with Crippen LogP contribution in [0, 0.1) is 13.8 Å². The molecule has 3 aromatic rings. The number of nitrogens with one attached hydrogen (secondary N) is 1. The number of para-hydroxylation sites is 1. The van der Waals surface area contributed by atoms with E-state index in [2.05, 4.69) is 17.1 Å². The Morgan fingerprint density at radius 2 is 1.94 bits per heavy atom. The zero-order valence-corrected chi connectivity index (χ0v) is 19.0. The van der Waals surface area contributed by atoms with Crippen LogP contribution in [0.15, 0.2) is 24.3 Å². The fourth-order valence-corrected chi connectivity index (χ4v) is 4.18. The average molecular weight is 442 g/mol. The summed E-state index contributed by atoms with van der Waals surface area (Å²) in [6, 6.07) is 7.63. The van der Waals surface area contributed by atoms with Crippen molar-refractivity contribution in [3.8, 4) is 5.69 Å². The molecule has 164 valence electrons. The minimum atomic E-state index is 0.00966. The highest BCUT2D eigenvalue weighted by Gasteiger charge is 2.24. The second-order valence-corrected chi connectivity index (χ2v) is 8.21. The lowest BCUT2D eigenvalue weighted by Gasteiger charge is -2.24. The molecule has 1 aliphatic rings. The van der Waals surface area contributed by atoms with Gasteiger partial charge in [0.2, 0.25) is 0 Å². The van der Waals surface area contributed by atoms with Gasteiger partial charge in [-0.15, -0.1) is 0 Å². The summed E-state index contributed by atoms with van der Waals surface area (Å²) in [5.41, 5.74) is 2.39. The molecule has 0 spiro atoms. The predicted octanol–water partition coefficient (Wildman–Crippen LogP) is 3.72. The summed E-state index contributed by atoms with van der Waals surface area (Å²) in [6.07, 6.45) is 1.81. The van der Waals surface area contributed by atoms with Gasteiger partial charge < -0.3 is 15.1 Å². The van der Waals surface area contributed by atoms with Crippen molar-refractivity contribution in [2.75, 3.05) is 37.6 Å². The summed E-state index contributed by atoms with van der Waals surface area (Å²) in [6.45, 7) is 9.53. The molecule has 0 saturated carbocycles. The van der Waals surface area contributed by atoms with Crippen LogP contribution in [0.3, 0.4) is 0 Å². The van der Waals surface area contributed by atoms with Gasteiger partial charge in [0.15, 0.2) is 5.65 Å². The fraction of sp³-hybridized carbons (Fsp3) is 0.455. The number of hydrogen-bond acceptors (Lipinski definition) is 5. The Kier molecular flexibility index (Phi) is 6.27. The van der Waals surface area contributed by atoms with Gasteiger partial charge in [0.1, 0.15) is 11.6 Å². The number of halogens is 1. The summed E-state index contributed by atoms with van der Waals surface area (Å²) in [7, 11) is 0. The molecule has 4 rings (SSSR count). The normalized spacial score (nSPS) is 14.7. The largest absolute Gasteiger partial charge is 0.354 e. The van der Waals surface area contributed by atoms with E-state index < -0.39 is 0 Å². The summed E-state index contributed by atoms with van der Waals surface area (Å²) < 4.78 is 1.80. The first-order valence-electron chi connectivity index (χ1n) is 10.8. The number of rotatable bonds is 4. The number of aryl methyl sites for hydroxylation is 2. The summed E-state index contributed by atoms with van der Waals surface area (Å²) in [5, 5.41) is 9.27. The molecule has 0 radical (unpaired) electrons. The molecule has 2 aromatic heterocycles. The molecule has 1 fully saturated rings. The number of aromatic nitrogens is 4. The Balaban J connectivity index is 1.69. The third-order valence-corrected chi connectivity index (χ3v) is 5.80. The van der Waals surface area contributed by atoms with Crippen LogP contribution in [-0.4, -0.2) is 63.4 Å². The molecule has 0 bridgehead atoms. The number of carbonyl (C=O) groups excluding carboxylic acids is 1. The third-order valence-electron chi connectivity index (χ3n) is 5.48. The standard InChI is InChI=1S/C22H28ClN7O/c1-4-10-24-22(31)29-12-7-11-28(13-14-29)20-19-15(2)27-30(21(19)26-16(3)25-20)18-9-6-5-8-17(18)23/h5-6,8-9H,4,7,10-14H2,1-3H3,(H,24,31). The molecule has 31 heavy (non-hydrogen) atoms. The van der Waals surface area contributed by atoms with Gasteiger partial charge in [-0.25, -0.2) is 19.4 Å². The van der Waals surface area contributed by atoms with Crippen molar-refractivity contribution in [1.82, 2.24) is 30.0 Å². The molecule has 9 heteroatoms. The SMILES string of the molecule is CCCNC(=O)N1CCCN(c2nc(C)nc3c2c(C)nn3-c2ccccc2Cl)CC1. The van der Waals surface area contributed by atoms with Crippen molar-refractivity contribution in [2.45, 2.75) is 33.6 Å². The number of amides is 2. The smallest absolute Gasteiger partial charge is 0.317 e. The summed E-state index contributed by atoms with van der Waals surface area (Å²) >= 11 is 6.44. The van der Waals surface area contributed by atoms with Crippen LogP contribution in [0.4, 0.5) is 10.6 Å². The van der Waals surface area contributed by atoms with Crippen molar-refractivity contribution >= 4 is 34.5 Å². The average Bonchev–Trinajstić information content (AvgIpc) is 2.93. The van der Waals surface area contributed by atoms with Gasteiger partial charge in [-0.2, -0.15) is 5.10 Å². The molecule has 3 heterocycles. The van der Waals surface area contributed by atoms with Crippen LogP contribution in [0.5, 0.6) is 0 Å². The summed E-state index contributed by atoms with van der Waals surface area (Å²) in [5.74, 6) is 1.55. The Bertz CT molecular complexity index is 1100. The van der Waals surface area contributed by atoms with Crippen LogP contribution < -0.4 is 10.2 Å². The van der Waals surface area contributed by atoms with Gasteiger partial charge in [-0.05, 0) is 38.8 Å². The Morgan fingerprint density at radius 3 is 2.71 bits per heavy atom. The number of fused-ring (bicyclic) bond motifs is 1. The maximum Gasteiger partial charge on any atom is 0.317 e. The number of benzene rings is 1. The van der Waals surface area contributed by atoms with E-state index >= 15 is 0 Å². The topological polar surface area (TPSA) is 79.2 Å². The maximum atomic E-state index is 12.4. The van der Waals surface area contributed by atoms with Crippen LogP contribution >= 0.6 is 11.6 Å². The van der Waals surface area contributed by atoms with Crippen LogP contribution in [0.25, 0.3) is 16.7 Å². The van der Waals surface area contributed by atoms with Crippen molar-refractivity contribution in [1.29, 1.82) is 0 Å². The first-order chi connectivity index (χ1) is 15.0. The van der Waals surface area contributed by atoms with Gasteiger partial charge >= 0.3 is 6.03 Å². The van der Waals surface area contributed by atoms with Gasteiger partial charge in [0.25, 0.3) is 0 Å². The van der Waals surface area contributed by atoms with E-state index in [0.29, 0.717) is 30.5 Å². The molecule has 1 saturated heterocycles. The quantitative estimate of drug-likeness (QED) is 0.667. The number of nitrogens with zero attached hydrogens (tertiary/aromatic N) is 6. The molecular formula is C22H28ClN7O. The second-order valence-electron chi connectivity index (χ2n) is 7.80. The fourth-order valence-electron chi connectivity index (χ4n) is 3.96. The number of carbonyl (C=O) groups is 1. The van der Waals surface area contributed by atoms with Crippen LogP contribution in [-0.2, 0) is 0 Å². The first-order valence-corrected chi connectivity index (χ1v) is 11.1. The molecule has 0 aliphatic carbocycles. The van der Waals surface area contributed by atoms with Gasteiger partial charge in [-0.1, -0.05) is 30.7 Å². The van der Waals surface area contributed by atoms with E-state index in [9.17, 15) is 4.79 Å². The Labute approximate surface area is 187 Å². The number of urea groups is 1. The molecule has 1 N–H and O–H groups in total. The van der Waals surface area contributed by atoms with Gasteiger partial charge in [0, 0.05) is 32.7 Å². The van der Waals surface area contributed by atoms with E-state index in [1.54, 1.807) is 4.68 Å². The van der Waals surface area contributed by atoms with E-state index in [1.807, 2.05) is 43.0 Å². The van der Waals surface area contributed by atoms with Crippen LogP contribution in [0.2, 0.25) is 5.02 Å². The van der Waals surface area contributed by atoms with Crippen molar-refractivity contribution in [2.24, 2.45) is 0 Å². The van der Waals surface area contributed by atoms with E-state index in [4.69, 9.17) is 26.7 Å². The van der Waals surface area contributed by atoms with Crippen molar-refractivity contribution in [3.05, 3.63) is 40.8 Å². The molecular weight excluding hydrogens is 414 g/mol. The minimum absolute atomic E-state index is 0.00966. The molecule has 1 aliphatic heterocycles. The molecule has 1 aromatic carbocycles. The van der Waals surface area contributed by atoms with Crippen molar-refractivity contribution in [3.63, 3.8) is 0 Å². The molecule has 2 amide bonds. The van der Waals surface area contributed by atoms with E-state index in [1.165, 1.54) is 0 Å². The molecule has 8 nitrogen and oxygen atoms in total. The number of hydrogen-bond donors (Lipinski definition) is 1. The lowest BCUT2D eigenvalue weighted by molar-refractivity contribution is 0.201. The third kappa shape index (κ3) is 4.30. The maximum absolute atomic E-state index is 12.4. The predicted molar refractivity (Wildman–Crippen MR) is 123 cm³/mol. The highest BCUT2D eigenvalue weighted by molar-refractivity contribution is 6.32. The number of anilines is 1. The first kappa shape index (κ1) is 21.4. The Morgan fingerprint density at radius 1 is 1.13 bits per heavy atom. The second kappa shape index (κ2) is 9.09. The Hall–Kier alpha value is -2.87.